The molecule has 8 nitrogen and oxygen atoms in total. The highest BCUT2D eigenvalue weighted by Gasteiger charge is 2.15. The molecule has 0 spiro atoms. The molecule has 0 bridgehead atoms. The van der Waals surface area contributed by atoms with Crippen molar-refractivity contribution < 1.29 is 14.4 Å². The van der Waals surface area contributed by atoms with Crippen LogP contribution in [0.5, 0.6) is 11.5 Å². The van der Waals surface area contributed by atoms with Crippen LogP contribution in [0, 0.1) is 10.1 Å². The Balaban J connectivity index is 1.73. The predicted octanol–water partition coefficient (Wildman–Crippen LogP) is 3.31. The minimum atomic E-state index is -0.428. The molecule has 142 valence electrons. The highest BCUT2D eigenvalue weighted by Crippen LogP contribution is 2.34. The average molecular weight is 396 g/mol. The Hall–Kier alpha value is -3.46. The van der Waals surface area contributed by atoms with Crippen LogP contribution in [0.15, 0.2) is 57.9 Å². The third kappa shape index (κ3) is 3.52. The van der Waals surface area contributed by atoms with Gasteiger partial charge in [-0.2, -0.15) is 5.10 Å². The standard InChI is InChI=1S/C19H16N4O4S/c1-20-19-22(21-11-13-3-2-4-15(9-13)23(24)25)16(12-28-19)14-5-6-17-18(10-14)27-8-7-26-17/h2-6,9-12H,7-8H2,1H3/b20-19?,21-11-. The predicted molar refractivity (Wildman–Crippen MR) is 106 cm³/mol. The van der Waals surface area contributed by atoms with Gasteiger partial charge >= 0.3 is 0 Å². The molecule has 1 aromatic heterocycles. The summed E-state index contributed by atoms with van der Waals surface area (Å²) in [6.45, 7) is 1.05. The van der Waals surface area contributed by atoms with Gasteiger partial charge in [-0.3, -0.25) is 15.1 Å². The van der Waals surface area contributed by atoms with E-state index in [-0.39, 0.29) is 5.69 Å². The SMILES string of the molecule is CN=c1scc(-c2ccc3c(c2)OCCO3)n1/N=C\c1cccc([N+](=O)[O-])c1. The van der Waals surface area contributed by atoms with E-state index in [2.05, 4.69) is 10.1 Å². The molecule has 4 rings (SSSR count). The second-order valence-electron chi connectivity index (χ2n) is 5.89. The van der Waals surface area contributed by atoms with E-state index in [1.807, 2.05) is 23.6 Å². The molecule has 1 aliphatic rings. The molecule has 9 heteroatoms. The Kier molecular flexibility index (Phi) is 4.90. The van der Waals surface area contributed by atoms with Crippen LogP contribution in [0.3, 0.4) is 0 Å². The first-order chi connectivity index (χ1) is 13.7. The van der Waals surface area contributed by atoms with E-state index in [9.17, 15) is 10.1 Å². The van der Waals surface area contributed by atoms with Crippen molar-refractivity contribution in [3.63, 3.8) is 0 Å². The van der Waals surface area contributed by atoms with E-state index in [0.717, 1.165) is 17.0 Å². The number of rotatable bonds is 4. The highest BCUT2D eigenvalue weighted by molar-refractivity contribution is 7.07. The minimum absolute atomic E-state index is 0.0201. The number of nitro groups is 1. The van der Waals surface area contributed by atoms with E-state index in [1.165, 1.54) is 23.5 Å². The van der Waals surface area contributed by atoms with Crippen LogP contribution in [0.25, 0.3) is 11.3 Å². The summed E-state index contributed by atoms with van der Waals surface area (Å²) in [5.74, 6) is 1.41. The summed E-state index contributed by atoms with van der Waals surface area (Å²) in [7, 11) is 1.69. The van der Waals surface area contributed by atoms with E-state index >= 15 is 0 Å². The maximum absolute atomic E-state index is 11.0. The van der Waals surface area contributed by atoms with Crippen molar-refractivity contribution in [2.24, 2.45) is 10.1 Å². The molecule has 3 aromatic rings. The van der Waals surface area contributed by atoms with Crippen LogP contribution in [-0.2, 0) is 0 Å². The van der Waals surface area contributed by atoms with Crippen LogP contribution in [0.4, 0.5) is 5.69 Å². The summed E-state index contributed by atoms with van der Waals surface area (Å²) in [5, 5.41) is 17.4. The number of hydrogen-bond acceptors (Lipinski definition) is 7. The monoisotopic (exact) mass is 396 g/mol. The van der Waals surface area contributed by atoms with Crippen LogP contribution in [0.1, 0.15) is 5.56 Å². The Morgan fingerprint density at radius 2 is 2.00 bits per heavy atom. The first kappa shape index (κ1) is 17.9. The summed E-state index contributed by atoms with van der Waals surface area (Å²) in [4.78, 5) is 15.5. The fourth-order valence-electron chi connectivity index (χ4n) is 2.81. The first-order valence-corrected chi connectivity index (χ1v) is 9.36. The van der Waals surface area contributed by atoms with Crippen LogP contribution >= 0.6 is 11.3 Å². The number of benzene rings is 2. The second kappa shape index (κ2) is 7.65. The molecule has 2 heterocycles. The molecule has 0 amide bonds. The third-order valence-electron chi connectivity index (χ3n) is 4.12. The van der Waals surface area contributed by atoms with E-state index in [4.69, 9.17) is 9.47 Å². The molecular weight excluding hydrogens is 380 g/mol. The van der Waals surface area contributed by atoms with Crippen molar-refractivity contribution in [3.8, 4) is 22.8 Å². The molecule has 28 heavy (non-hydrogen) atoms. The Morgan fingerprint density at radius 1 is 1.18 bits per heavy atom. The zero-order valence-electron chi connectivity index (χ0n) is 14.9. The molecule has 0 saturated heterocycles. The summed E-state index contributed by atoms with van der Waals surface area (Å²) in [6.07, 6.45) is 1.58. The van der Waals surface area contributed by atoms with Gasteiger partial charge in [-0.25, -0.2) is 4.68 Å². The lowest BCUT2D eigenvalue weighted by atomic mass is 10.1. The van der Waals surface area contributed by atoms with Gasteiger partial charge in [0, 0.05) is 35.7 Å². The lowest BCUT2D eigenvalue weighted by molar-refractivity contribution is -0.384. The molecule has 2 aromatic carbocycles. The highest BCUT2D eigenvalue weighted by atomic mass is 32.1. The molecule has 0 N–H and O–H groups in total. The summed E-state index contributed by atoms with van der Waals surface area (Å²) in [6, 6.07) is 12.0. The van der Waals surface area contributed by atoms with Crippen LogP contribution < -0.4 is 14.3 Å². The Morgan fingerprint density at radius 3 is 2.79 bits per heavy atom. The van der Waals surface area contributed by atoms with Gasteiger partial charge in [0.1, 0.15) is 13.2 Å². The van der Waals surface area contributed by atoms with E-state index < -0.39 is 4.92 Å². The first-order valence-electron chi connectivity index (χ1n) is 8.48. The number of nitrogens with zero attached hydrogens (tertiary/aromatic N) is 4. The van der Waals surface area contributed by atoms with Crippen molar-refractivity contribution in [2.45, 2.75) is 0 Å². The number of thiazole rings is 1. The molecule has 0 atom stereocenters. The summed E-state index contributed by atoms with van der Waals surface area (Å²) >= 11 is 1.45. The normalized spacial score (nSPS) is 13.8. The number of fused-ring (bicyclic) bond motifs is 1. The average Bonchev–Trinajstić information content (AvgIpc) is 3.15. The Bertz CT molecular complexity index is 1130. The smallest absolute Gasteiger partial charge is 0.270 e. The van der Waals surface area contributed by atoms with Gasteiger partial charge in [0.2, 0.25) is 4.80 Å². The van der Waals surface area contributed by atoms with Crippen molar-refractivity contribution in [1.29, 1.82) is 0 Å². The van der Waals surface area contributed by atoms with Gasteiger partial charge in [-0.1, -0.05) is 12.1 Å². The summed E-state index contributed by atoms with van der Waals surface area (Å²) < 4.78 is 12.9. The van der Waals surface area contributed by atoms with Gasteiger partial charge in [-0.05, 0) is 18.2 Å². The van der Waals surface area contributed by atoms with Crippen molar-refractivity contribution in [1.82, 2.24) is 4.68 Å². The molecular formula is C19H16N4O4S. The molecule has 0 aliphatic carbocycles. The molecule has 0 radical (unpaired) electrons. The van der Waals surface area contributed by atoms with Gasteiger partial charge in [-0.15, -0.1) is 11.3 Å². The fraction of sp³-hybridized carbons (Fsp3) is 0.158. The van der Waals surface area contributed by atoms with Gasteiger partial charge in [0.15, 0.2) is 11.5 Å². The second-order valence-corrected chi connectivity index (χ2v) is 6.73. The lowest BCUT2D eigenvalue weighted by Crippen LogP contribution is -2.15. The van der Waals surface area contributed by atoms with Gasteiger partial charge in [0.05, 0.1) is 16.8 Å². The minimum Gasteiger partial charge on any atom is -0.486 e. The van der Waals surface area contributed by atoms with Crippen LogP contribution in [0.2, 0.25) is 0 Å². The number of non-ortho nitro benzene ring substituents is 1. The maximum atomic E-state index is 11.0. The lowest BCUT2D eigenvalue weighted by Gasteiger charge is -2.18. The number of ether oxygens (including phenoxy) is 2. The van der Waals surface area contributed by atoms with Gasteiger partial charge < -0.3 is 9.47 Å². The number of nitro benzene ring substituents is 1. The van der Waals surface area contributed by atoms with E-state index in [0.29, 0.717) is 29.3 Å². The maximum Gasteiger partial charge on any atom is 0.270 e. The van der Waals surface area contributed by atoms with Crippen molar-refractivity contribution >= 4 is 23.2 Å². The van der Waals surface area contributed by atoms with Crippen LogP contribution in [-0.4, -0.2) is 36.1 Å². The van der Waals surface area contributed by atoms with Gasteiger partial charge in [0.25, 0.3) is 5.69 Å². The topological polar surface area (TPSA) is 91.2 Å². The zero-order chi connectivity index (χ0) is 19.5. The molecule has 1 aliphatic heterocycles. The molecule has 0 unspecified atom stereocenters. The van der Waals surface area contributed by atoms with Crippen molar-refractivity contribution in [3.05, 3.63) is 68.3 Å². The zero-order valence-corrected chi connectivity index (χ0v) is 15.8. The quantitative estimate of drug-likeness (QED) is 0.384. The van der Waals surface area contributed by atoms with E-state index in [1.54, 1.807) is 30.1 Å². The third-order valence-corrected chi connectivity index (χ3v) is 5.03. The number of hydrogen-bond donors (Lipinski definition) is 0. The fourth-order valence-corrected chi connectivity index (χ4v) is 3.61. The summed E-state index contributed by atoms with van der Waals surface area (Å²) in [5.41, 5.74) is 2.39. The Labute approximate surface area is 164 Å². The molecule has 0 fully saturated rings. The largest absolute Gasteiger partial charge is 0.486 e. The molecule has 0 saturated carbocycles. The van der Waals surface area contributed by atoms with Crippen molar-refractivity contribution in [2.75, 3.05) is 20.3 Å². The number of aromatic nitrogens is 1.